The molecule has 11 rings (SSSR count). The van der Waals surface area contributed by atoms with Crippen LogP contribution in [0.5, 0.6) is 0 Å². The van der Waals surface area contributed by atoms with E-state index in [1.807, 2.05) is 17.9 Å². The van der Waals surface area contributed by atoms with Crippen LogP contribution < -0.4 is 10.2 Å². The van der Waals surface area contributed by atoms with E-state index in [1.165, 1.54) is 6.07 Å². The van der Waals surface area contributed by atoms with Crippen LogP contribution in [0.25, 0.3) is 32.9 Å². The molecule has 2 saturated carbocycles. The van der Waals surface area contributed by atoms with Gasteiger partial charge < -0.3 is 19.7 Å². The van der Waals surface area contributed by atoms with Crippen molar-refractivity contribution in [3.05, 3.63) is 81.0 Å². The summed E-state index contributed by atoms with van der Waals surface area (Å²) >= 11 is 13.1. The lowest BCUT2D eigenvalue weighted by atomic mass is 9.79. The first-order chi connectivity index (χ1) is 26.9. The summed E-state index contributed by atoms with van der Waals surface area (Å²) in [5.74, 6) is 0.112. The molecule has 2 aromatic carbocycles. The van der Waals surface area contributed by atoms with Crippen molar-refractivity contribution in [2.45, 2.75) is 75.8 Å². The Labute approximate surface area is 329 Å². The van der Waals surface area contributed by atoms with Crippen molar-refractivity contribution in [2.24, 2.45) is 17.8 Å². The van der Waals surface area contributed by atoms with Gasteiger partial charge in [-0.05, 0) is 80.8 Å². The number of alkyl halides is 3. The van der Waals surface area contributed by atoms with E-state index in [9.17, 15) is 23.2 Å². The Kier molecular flexibility index (Phi) is 8.33. The lowest BCUT2D eigenvalue weighted by Gasteiger charge is -2.40. The molecule has 56 heavy (non-hydrogen) atoms. The Morgan fingerprint density at radius 2 is 1.88 bits per heavy atom. The van der Waals surface area contributed by atoms with Crippen LogP contribution in [0.15, 0.2) is 42.5 Å². The van der Waals surface area contributed by atoms with Gasteiger partial charge in [0.05, 0.1) is 39.8 Å². The summed E-state index contributed by atoms with van der Waals surface area (Å²) in [6, 6.07) is 13.4. The fraction of sp³-hybridized carbons (Fsp3) is 0.439. The second kappa shape index (κ2) is 13.0. The zero-order valence-corrected chi connectivity index (χ0v) is 31.8. The number of anilines is 1. The third-order valence-corrected chi connectivity index (χ3v) is 13.6. The quantitative estimate of drug-likeness (QED) is 0.165. The predicted molar refractivity (Wildman–Crippen MR) is 204 cm³/mol. The molecule has 7 heterocycles. The van der Waals surface area contributed by atoms with E-state index in [-0.39, 0.29) is 75.9 Å². The fourth-order valence-corrected chi connectivity index (χ4v) is 10.5. The van der Waals surface area contributed by atoms with E-state index in [2.05, 4.69) is 37.1 Å². The summed E-state index contributed by atoms with van der Waals surface area (Å²) in [5, 5.41) is 22.8. The molecule has 4 saturated heterocycles. The van der Waals surface area contributed by atoms with Gasteiger partial charge in [0.25, 0.3) is 0 Å². The number of carbonyl (C=O) groups excluding carboxylic acids is 1. The number of hydrogen-bond acceptors (Lipinski definition) is 7. The molecule has 15 heteroatoms. The molecule has 6 fully saturated rings. The number of aromatic nitrogens is 4. The molecule has 3 aromatic heterocycles. The number of aryl methyl sites for hydroxylation is 2. The number of nitrogens with one attached hydrogen (secondary N) is 1. The number of halogens is 6. The van der Waals surface area contributed by atoms with E-state index in [0.717, 1.165) is 54.9 Å². The van der Waals surface area contributed by atoms with Crippen LogP contribution >= 0.6 is 23.2 Å². The fourth-order valence-electron chi connectivity index (χ4n) is 10.1. The second-order valence-corrected chi connectivity index (χ2v) is 16.9. The number of piperidine rings is 1. The van der Waals surface area contributed by atoms with Crippen molar-refractivity contribution in [3.63, 3.8) is 0 Å². The SMILES string of the molecule is Cc1nc2c(F)c(-c3cccc(Cl)c3Cl)c(CCC#N)cc2c2c1cc(C1C3CC(CN(c4ccc(C(F)(F)F)nn4)C3)N1C(=O)C1CC1)n2C1C2CNC1C2. The number of hydrogen-bond donors (Lipinski definition) is 1. The van der Waals surface area contributed by atoms with Gasteiger partial charge in [0, 0.05) is 77.2 Å². The molecule has 0 spiro atoms. The third-order valence-electron chi connectivity index (χ3n) is 12.8. The molecule has 288 valence electrons. The summed E-state index contributed by atoms with van der Waals surface area (Å²) in [7, 11) is 0. The summed E-state index contributed by atoms with van der Waals surface area (Å²) in [6.45, 7) is 3.62. The molecule has 9 nitrogen and oxygen atoms in total. The van der Waals surface area contributed by atoms with Crippen molar-refractivity contribution in [1.29, 1.82) is 5.26 Å². The Morgan fingerprint density at radius 1 is 1.05 bits per heavy atom. The van der Waals surface area contributed by atoms with Crippen molar-refractivity contribution < 1.29 is 22.4 Å². The van der Waals surface area contributed by atoms with E-state index in [4.69, 9.17) is 28.2 Å². The van der Waals surface area contributed by atoms with Crippen LogP contribution in [0.2, 0.25) is 10.0 Å². The smallest absolute Gasteiger partial charge is 0.353 e. The molecule has 4 aliphatic heterocycles. The van der Waals surface area contributed by atoms with Gasteiger partial charge in [-0.1, -0.05) is 35.3 Å². The van der Waals surface area contributed by atoms with Crippen molar-refractivity contribution in [2.75, 3.05) is 24.5 Å². The topological polar surface area (TPSA) is 103 Å². The largest absolute Gasteiger partial charge is 0.435 e. The molecule has 4 bridgehead atoms. The monoisotopic (exact) mass is 802 g/mol. The molecule has 5 aromatic rings. The average Bonchev–Trinajstić information content (AvgIpc) is 3.46. The highest BCUT2D eigenvalue weighted by Gasteiger charge is 2.55. The van der Waals surface area contributed by atoms with E-state index >= 15 is 4.39 Å². The summed E-state index contributed by atoms with van der Waals surface area (Å²) in [5.41, 5.74) is 2.90. The Morgan fingerprint density at radius 3 is 2.55 bits per heavy atom. The number of rotatable bonds is 7. The highest BCUT2D eigenvalue weighted by Crippen LogP contribution is 2.54. The summed E-state index contributed by atoms with van der Waals surface area (Å²) < 4.78 is 59.8. The highest BCUT2D eigenvalue weighted by atomic mass is 35.5. The van der Waals surface area contributed by atoms with Gasteiger partial charge in [-0.2, -0.15) is 18.4 Å². The molecule has 6 atom stereocenters. The molecular formula is C41H36Cl2F4N8O. The Bertz CT molecular complexity index is 2480. The molecule has 6 aliphatic rings. The van der Waals surface area contributed by atoms with Gasteiger partial charge >= 0.3 is 6.18 Å². The van der Waals surface area contributed by atoms with Crippen LogP contribution in [0.1, 0.15) is 66.8 Å². The van der Waals surface area contributed by atoms with Gasteiger partial charge in [0.1, 0.15) is 5.52 Å². The lowest BCUT2D eigenvalue weighted by molar-refractivity contribution is -0.141. The highest BCUT2D eigenvalue weighted by molar-refractivity contribution is 6.43. The number of amides is 1. The van der Waals surface area contributed by atoms with Gasteiger partial charge in [-0.25, -0.2) is 9.37 Å². The van der Waals surface area contributed by atoms with Gasteiger partial charge in [-0.3, -0.25) is 4.79 Å². The van der Waals surface area contributed by atoms with Gasteiger partial charge in [0.15, 0.2) is 17.3 Å². The Hall–Kier alpha value is -4.51. The first kappa shape index (κ1) is 35.9. The molecule has 6 unspecified atom stereocenters. The standard InChI is InChI=1S/C41H36Cl2F4N8O/c1-19-26-15-30(38-23-12-24(54(38)40(56)20-7-8-20)18-53(17-23)32-10-9-31(51-52-32)41(45,46)47)55(37-22-14-29(37)49-16-22)39(26)27-13-21(4-3-11-48)33(35(44)36(27)50-19)25-5-2-6-28(42)34(25)43/h2,5-6,9-10,13,15,20,22-24,29,37-38,49H,3-4,7-8,12,14,16-18H2,1H3. The number of likely N-dealkylation sites (tertiary alicyclic amines) is 1. The maximum absolute atomic E-state index is 17.3. The van der Waals surface area contributed by atoms with E-state index in [0.29, 0.717) is 47.0 Å². The molecule has 1 N–H and O–H groups in total. The number of fused-ring (bicyclic) bond motifs is 6. The molecule has 2 aliphatic carbocycles. The Balaban J connectivity index is 1.18. The predicted octanol–water partition coefficient (Wildman–Crippen LogP) is 8.60. The minimum absolute atomic E-state index is 0.0513. The normalized spacial score (nSPS) is 25.6. The van der Waals surface area contributed by atoms with Crippen LogP contribution in [-0.4, -0.2) is 62.3 Å². The van der Waals surface area contributed by atoms with Crippen molar-refractivity contribution >= 4 is 56.7 Å². The third kappa shape index (κ3) is 5.50. The zero-order chi connectivity index (χ0) is 38.8. The number of nitrogens with zero attached hydrogens (tertiary/aromatic N) is 7. The van der Waals surface area contributed by atoms with Crippen LogP contribution in [0, 0.1) is 41.8 Å². The summed E-state index contributed by atoms with van der Waals surface area (Å²) in [4.78, 5) is 23.3. The van der Waals surface area contributed by atoms with Crippen molar-refractivity contribution in [1.82, 2.24) is 30.0 Å². The van der Waals surface area contributed by atoms with E-state index in [1.54, 1.807) is 18.2 Å². The minimum Gasteiger partial charge on any atom is -0.353 e. The van der Waals surface area contributed by atoms with Gasteiger partial charge in [-0.15, -0.1) is 10.2 Å². The number of benzene rings is 2. The number of pyridine rings is 1. The van der Waals surface area contributed by atoms with Crippen LogP contribution in [0.3, 0.4) is 0 Å². The van der Waals surface area contributed by atoms with Crippen LogP contribution in [0.4, 0.5) is 23.4 Å². The average molecular weight is 804 g/mol. The first-order valence-electron chi connectivity index (χ1n) is 19.1. The van der Waals surface area contributed by atoms with Crippen LogP contribution in [-0.2, 0) is 17.4 Å². The zero-order valence-electron chi connectivity index (χ0n) is 30.3. The van der Waals surface area contributed by atoms with Crippen molar-refractivity contribution in [3.8, 4) is 17.2 Å². The van der Waals surface area contributed by atoms with E-state index < -0.39 is 17.7 Å². The van der Waals surface area contributed by atoms with Gasteiger partial charge in [0.2, 0.25) is 5.91 Å². The molecule has 1 amide bonds. The summed E-state index contributed by atoms with van der Waals surface area (Å²) in [6.07, 6.45) is -0.777. The molecule has 0 radical (unpaired) electrons. The lowest BCUT2D eigenvalue weighted by Crippen LogP contribution is -2.45. The molecular weight excluding hydrogens is 767 g/mol. The number of carbonyl (C=O) groups is 1. The number of nitriles is 1. The maximum atomic E-state index is 17.3. The first-order valence-corrected chi connectivity index (χ1v) is 19.9. The minimum atomic E-state index is -4.60. The maximum Gasteiger partial charge on any atom is 0.435 e. The second-order valence-electron chi connectivity index (χ2n) is 16.1.